The summed E-state index contributed by atoms with van der Waals surface area (Å²) in [6.07, 6.45) is 2.77. The molecule has 0 unspecified atom stereocenters. The molecule has 0 bridgehead atoms. The Bertz CT molecular complexity index is 834. The first-order valence-corrected chi connectivity index (χ1v) is 9.83. The molecule has 1 fully saturated rings. The third kappa shape index (κ3) is 4.87. The van der Waals surface area contributed by atoms with E-state index in [2.05, 4.69) is 31.1 Å². The molecule has 1 aliphatic carbocycles. The number of rotatable bonds is 5. The third-order valence-corrected chi connectivity index (χ3v) is 5.06. The van der Waals surface area contributed by atoms with Gasteiger partial charge in [-0.3, -0.25) is 4.79 Å². The van der Waals surface area contributed by atoms with Crippen LogP contribution in [0.25, 0.3) is 5.65 Å². The lowest BCUT2D eigenvalue weighted by Gasteiger charge is -2.31. The summed E-state index contributed by atoms with van der Waals surface area (Å²) in [4.78, 5) is 16.7. The molecule has 28 heavy (non-hydrogen) atoms. The number of aromatic nitrogens is 2. The van der Waals surface area contributed by atoms with Crippen molar-refractivity contribution in [1.29, 1.82) is 0 Å². The van der Waals surface area contributed by atoms with Gasteiger partial charge in [-0.1, -0.05) is 20.8 Å². The zero-order valence-electron chi connectivity index (χ0n) is 17.0. The van der Waals surface area contributed by atoms with Crippen LogP contribution in [0.3, 0.4) is 0 Å². The number of carbonyl (C=O) groups excluding carboxylic acids is 1. The van der Waals surface area contributed by atoms with Crippen LogP contribution in [0, 0.1) is 12.3 Å². The van der Waals surface area contributed by atoms with Gasteiger partial charge in [0.2, 0.25) is 0 Å². The first-order valence-electron chi connectivity index (χ1n) is 9.83. The number of nitrogens with one attached hydrogen (secondary N) is 1. The van der Waals surface area contributed by atoms with E-state index in [9.17, 15) is 13.6 Å². The van der Waals surface area contributed by atoms with E-state index in [1.165, 1.54) is 6.07 Å². The monoisotopic (exact) mass is 393 g/mol. The van der Waals surface area contributed by atoms with Crippen LogP contribution in [0.5, 0.6) is 0 Å². The highest BCUT2D eigenvalue weighted by Gasteiger charge is 2.26. The van der Waals surface area contributed by atoms with Crippen LogP contribution in [0.15, 0.2) is 18.3 Å². The summed E-state index contributed by atoms with van der Waals surface area (Å²) in [5.41, 5.74) is 1.06. The number of hydrogen-bond donors (Lipinski definition) is 1. The first-order chi connectivity index (χ1) is 13.1. The van der Waals surface area contributed by atoms with E-state index >= 15 is 0 Å². The third-order valence-electron chi connectivity index (χ3n) is 5.06. The minimum Gasteiger partial charge on any atom is -0.378 e. The van der Waals surface area contributed by atoms with Crippen molar-refractivity contribution in [2.24, 2.45) is 5.41 Å². The molecule has 5 nitrogen and oxygen atoms in total. The zero-order chi connectivity index (χ0) is 20.5. The summed E-state index contributed by atoms with van der Waals surface area (Å²) >= 11 is 0. The van der Waals surface area contributed by atoms with Gasteiger partial charge in [-0.05, 0) is 50.2 Å². The molecule has 1 aliphatic rings. The molecule has 1 amide bonds. The maximum absolute atomic E-state index is 13.1. The number of halogens is 2. The molecule has 1 N–H and O–H groups in total. The predicted octanol–water partition coefficient (Wildman–Crippen LogP) is 4.68. The Morgan fingerprint density at radius 1 is 1.32 bits per heavy atom. The lowest BCUT2D eigenvalue weighted by Crippen LogP contribution is -2.39. The van der Waals surface area contributed by atoms with Gasteiger partial charge in [0.25, 0.3) is 12.3 Å². The van der Waals surface area contributed by atoms with E-state index in [4.69, 9.17) is 4.74 Å². The SMILES string of the molecule is Cc1cc(C(F)F)nc2c(C(=O)N[C@H]3CC[C@H](OCC(C)(C)C)CC3)ccn12. The summed E-state index contributed by atoms with van der Waals surface area (Å²) in [6.45, 7) is 8.90. The molecule has 2 aromatic heterocycles. The Hall–Kier alpha value is -2.02. The van der Waals surface area contributed by atoms with E-state index in [0.29, 0.717) is 11.3 Å². The number of alkyl halides is 2. The van der Waals surface area contributed by atoms with E-state index in [-0.39, 0.29) is 34.8 Å². The van der Waals surface area contributed by atoms with Gasteiger partial charge in [-0.2, -0.15) is 0 Å². The number of aryl methyl sites for hydroxylation is 1. The minimum absolute atomic E-state index is 0.0660. The molecule has 2 aromatic rings. The molecule has 154 valence electrons. The molecule has 7 heteroatoms. The number of ether oxygens (including phenoxy) is 1. The molecular weight excluding hydrogens is 364 g/mol. The smallest absolute Gasteiger partial charge is 0.280 e. The largest absolute Gasteiger partial charge is 0.378 e. The van der Waals surface area contributed by atoms with Crippen LogP contribution in [-0.4, -0.2) is 34.0 Å². The highest BCUT2D eigenvalue weighted by molar-refractivity contribution is 6.00. The number of carbonyl (C=O) groups is 1. The minimum atomic E-state index is -2.67. The van der Waals surface area contributed by atoms with Crippen LogP contribution in [0.4, 0.5) is 8.78 Å². The molecule has 3 rings (SSSR count). The van der Waals surface area contributed by atoms with Gasteiger partial charge in [0, 0.05) is 17.9 Å². The molecule has 0 atom stereocenters. The Kier molecular flexibility index (Phi) is 6.03. The average Bonchev–Trinajstić information content (AvgIpc) is 3.05. The number of hydrogen-bond acceptors (Lipinski definition) is 3. The van der Waals surface area contributed by atoms with E-state index in [1.807, 2.05) is 0 Å². The fourth-order valence-corrected chi connectivity index (χ4v) is 3.55. The number of fused-ring (bicyclic) bond motifs is 1. The van der Waals surface area contributed by atoms with E-state index < -0.39 is 6.43 Å². The van der Waals surface area contributed by atoms with Gasteiger partial charge in [-0.25, -0.2) is 13.8 Å². The normalized spacial score (nSPS) is 20.7. The van der Waals surface area contributed by atoms with Crippen LogP contribution < -0.4 is 5.32 Å². The quantitative estimate of drug-likeness (QED) is 0.802. The number of amides is 1. The maximum Gasteiger partial charge on any atom is 0.280 e. The molecule has 0 aromatic carbocycles. The van der Waals surface area contributed by atoms with Crippen molar-refractivity contribution in [3.8, 4) is 0 Å². The Morgan fingerprint density at radius 3 is 2.61 bits per heavy atom. The summed E-state index contributed by atoms with van der Waals surface area (Å²) in [6, 6.07) is 3.05. The van der Waals surface area contributed by atoms with Crippen molar-refractivity contribution >= 4 is 11.6 Å². The summed E-state index contributed by atoms with van der Waals surface area (Å²) in [5, 5.41) is 3.04. The van der Waals surface area contributed by atoms with Crippen molar-refractivity contribution < 1.29 is 18.3 Å². The predicted molar refractivity (Wildman–Crippen MR) is 104 cm³/mol. The molecule has 2 heterocycles. The van der Waals surface area contributed by atoms with Gasteiger partial charge in [0.15, 0.2) is 0 Å². The Labute approximate surface area is 164 Å². The lowest BCUT2D eigenvalue weighted by atomic mass is 9.92. The highest BCUT2D eigenvalue weighted by atomic mass is 19.3. The van der Waals surface area contributed by atoms with Gasteiger partial charge in [0.1, 0.15) is 11.3 Å². The van der Waals surface area contributed by atoms with Gasteiger partial charge >= 0.3 is 0 Å². The van der Waals surface area contributed by atoms with Crippen molar-refractivity contribution in [2.45, 2.75) is 71.9 Å². The van der Waals surface area contributed by atoms with E-state index in [0.717, 1.165) is 32.3 Å². The van der Waals surface area contributed by atoms with Crippen molar-refractivity contribution in [3.05, 3.63) is 35.3 Å². The second-order valence-electron chi connectivity index (χ2n) is 8.86. The molecule has 0 spiro atoms. The average molecular weight is 393 g/mol. The topological polar surface area (TPSA) is 55.6 Å². The summed E-state index contributed by atoms with van der Waals surface area (Å²) in [5.74, 6) is -0.264. The molecule has 0 saturated heterocycles. The Balaban J connectivity index is 1.63. The van der Waals surface area contributed by atoms with Gasteiger partial charge in [-0.15, -0.1) is 0 Å². The second-order valence-corrected chi connectivity index (χ2v) is 8.86. The highest BCUT2D eigenvalue weighted by Crippen LogP contribution is 2.25. The van der Waals surface area contributed by atoms with Crippen LogP contribution in [-0.2, 0) is 4.74 Å². The lowest BCUT2D eigenvalue weighted by molar-refractivity contribution is -0.0134. The fourth-order valence-electron chi connectivity index (χ4n) is 3.55. The molecule has 1 saturated carbocycles. The van der Waals surface area contributed by atoms with Crippen LogP contribution in [0.2, 0.25) is 0 Å². The molecular formula is C21H29F2N3O2. The Morgan fingerprint density at radius 2 is 2.00 bits per heavy atom. The standard InChI is InChI=1S/C21H29F2N3O2/c1-13-11-17(18(22)23)25-19-16(9-10-26(13)19)20(27)24-14-5-7-15(8-6-14)28-12-21(2,3)4/h9-11,14-15,18H,5-8,12H2,1-4H3,(H,24,27)/t14-,15-. The van der Waals surface area contributed by atoms with Crippen molar-refractivity contribution in [2.75, 3.05) is 6.61 Å². The van der Waals surface area contributed by atoms with Crippen LogP contribution >= 0.6 is 0 Å². The van der Waals surface area contributed by atoms with Crippen molar-refractivity contribution in [3.63, 3.8) is 0 Å². The molecule has 0 radical (unpaired) electrons. The fraction of sp³-hybridized carbons (Fsp3) is 0.619. The molecule has 0 aliphatic heterocycles. The zero-order valence-corrected chi connectivity index (χ0v) is 17.0. The van der Waals surface area contributed by atoms with Gasteiger partial charge < -0.3 is 14.5 Å². The van der Waals surface area contributed by atoms with Crippen molar-refractivity contribution in [1.82, 2.24) is 14.7 Å². The van der Waals surface area contributed by atoms with Crippen LogP contribution in [0.1, 0.15) is 74.6 Å². The maximum atomic E-state index is 13.1. The first kappa shape index (κ1) is 20.7. The summed E-state index contributed by atoms with van der Waals surface area (Å²) < 4.78 is 33.8. The number of nitrogens with zero attached hydrogens (tertiary/aromatic N) is 2. The second kappa shape index (κ2) is 8.15. The summed E-state index contributed by atoms with van der Waals surface area (Å²) in [7, 11) is 0. The van der Waals surface area contributed by atoms with Gasteiger partial charge in [0.05, 0.1) is 18.3 Å². The van der Waals surface area contributed by atoms with E-state index in [1.54, 1.807) is 23.6 Å².